The summed E-state index contributed by atoms with van der Waals surface area (Å²) in [7, 11) is 0.438. The summed E-state index contributed by atoms with van der Waals surface area (Å²) < 4.78 is 37.7. The highest BCUT2D eigenvalue weighted by atomic mass is 79.9. The highest BCUT2D eigenvalue weighted by Gasteiger charge is 2.31. The van der Waals surface area contributed by atoms with E-state index in [-0.39, 0.29) is 23.9 Å². The molecule has 0 bridgehead atoms. The van der Waals surface area contributed by atoms with Gasteiger partial charge in [-0.15, -0.1) is 0 Å². The van der Waals surface area contributed by atoms with Gasteiger partial charge in [0, 0.05) is 24.1 Å². The maximum atomic E-state index is 13.4. The standard InChI is InChI=1S/C22H28BrN3O6S/c1-15(22(28)24-2)25(13-16-7-6-8-17(23)11-16)21(27)14-26(33(5,29)30)19-12-18(31-3)9-10-20(19)32-4/h6-12,15H,13-14H2,1-5H3,(H,24,28)/t15-/m1/s1. The lowest BCUT2D eigenvalue weighted by molar-refractivity contribution is -0.139. The van der Waals surface area contributed by atoms with Crippen molar-refractivity contribution in [3.8, 4) is 11.5 Å². The van der Waals surface area contributed by atoms with Gasteiger partial charge in [-0.1, -0.05) is 28.1 Å². The molecule has 1 atom stereocenters. The summed E-state index contributed by atoms with van der Waals surface area (Å²) in [6, 6.07) is 11.1. The number of nitrogens with zero attached hydrogens (tertiary/aromatic N) is 2. The van der Waals surface area contributed by atoms with Crippen LogP contribution in [0.5, 0.6) is 11.5 Å². The van der Waals surface area contributed by atoms with Gasteiger partial charge in [0.15, 0.2) is 0 Å². The SMILES string of the molecule is CNC(=O)[C@@H](C)N(Cc1cccc(Br)c1)C(=O)CN(c1cc(OC)ccc1OC)S(C)(=O)=O. The largest absolute Gasteiger partial charge is 0.497 e. The lowest BCUT2D eigenvalue weighted by atomic mass is 10.1. The lowest BCUT2D eigenvalue weighted by Crippen LogP contribution is -2.50. The molecule has 0 aliphatic rings. The van der Waals surface area contributed by atoms with E-state index in [0.29, 0.717) is 5.75 Å². The van der Waals surface area contributed by atoms with Gasteiger partial charge in [0.25, 0.3) is 0 Å². The molecule has 33 heavy (non-hydrogen) atoms. The van der Waals surface area contributed by atoms with Gasteiger partial charge in [-0.25, -0.2) is 8.42 Å². The van der Waals surface area contributed by atoms with Gasteiger partial charge in [-0.2, -0.15) is 0 Å². The molecular formula is C22H28BrN3O6S. The van der Waals surface area contributed by atoms with Crippen LogP contribution in [0.15, 0.2) is 46.9 Å². The Hall–Kier alpha value is -2.79. The van der Waals surface area contributed by atoms with Crippen molar-refractivity contribution in [1.29, 1.82) is 0 Å². The van der Waals surface area contributed by atoms with Gasteiger partial charge < -0.3 is 19.7 Å². The number of amides is 2. The molecule has 2 amide bonds. The second kappa shape index (κ2) is 11.4. The summed E-state index contributed by atoms with van der Waals surface area (Å²) in [4.78, 5) is 27.1. The van der Waals surface area contributed by atoms with Crippen molar-refractivity contribution < 1.29 is 27.5 Å². The summed E-state index contributed by atoms with van der Waals surface area (Å²) in [5.74, 6) is -0.270. The van der Waals surface area contributed by atoms with Crippen LogP contribution in [0.4, 0.5) is 5.69 Å². The second-order valence-electron chi connectivity index (χ2n) is 7.25. The molecule has 2 aromatic rings. The van der Waals surface area contributed by atoms with Gasteiger partial charge in [-0.3, -0.25) is 13.9 Å². The van der Waals surface area contributed by atoms with Crippen molar-refractivity contribution in [3.63, 3.8) is 0 Å². The topological polar surface area (TPSA) is 105 Å². The number of likely N-dealkylation sites (N-methyl/N-ethyl adjacent to an activating group) is 1. The number of hydrogen-bond donors (Lipinski definition) is 1. The molecule has 0 saturated carbocycles. The number of carbonyl (C=O) groups is 2. The number of sulfonamides is 1. The van der Waals surface area contributed by atoms with E-state index in [0.717, 1.165) is 20.6 Å². The number of benzene rings is 2. The molecule has 0 aliphatic carbocycles. The van der Waals surface area contributed by atoms with Crippen molar-refractivity contribution in [2.24, 2.45) is 0 Å². The molecule has 9 nitrogen and oxygen atoms in total. The number of rotatable bonds is 10. The first kappa shape index (κ1) is 26.5. The third-order valence-corrected chi connectivity index (χ3v) is 6.61. The maximum absolute atomic E-state index is 13.4. The van der Waals surface area contributed by atoms with Crippen LogP contribution in [-0.4, -0.2) is 65.2 Å². The summed E-state index contributed by atoms with van der Waals surface area (Å²) in [5, 5.41) is 2.54. The zero-order chi connectivity index (χ0) is 24.8. The zero-order valence-corrected chi connectivity index (χ0v) is 21.6. The zero-order valence-electron chi connectivity index (χ0n) is 19.2. The lowest BCUT2D eigenvalue weighted by Gasteiger charge is -2.31. The summed E-state index contributed by atoms with van der Waals surface area (Å²) >= 11 is 3.40. The van der Waals surface area contributed by atoms with Crippen molar-refractivity contribution in [3.05, 3.63) is 52.5 Å². The minimum absolute atomic E-state index is 0.111. The molecule has 0 aromatic heterocycles. The molecule has 0 radical (unpaired) electrons. The molecule has 0 fully saturated rings. The minimum atomic E-state index is -3.89. The number of hydrogen-bond acceptors (Lipinski definition) is 6. The summed E-state index contributed by atoms with van der Waals surface area (Å²) in [6.07, 6.45) is 1.00. The highest BCUT2D eigenvalue weighted by Crippen LogP contribution is 2.34. The average molecular weight is 542 g/mol. The Morgan fingerprint density at radius 2 is 1.82 bits per heavy atom. The average Bonchev–Trinajstić information content (AvgIpc) is 2.78. The van der Waals surface area contributed by atoms with E-state index in [1.165, 1.54) is 32.2 Å². The van der Waals surface area contributed by atoms with E-state index in [4.69, 9.17) is 9.47 Å². The van der Waals surface area contributed by atoms with E-state index in [1.807, 2.05) is 24.3 Å². The van der Waals surface area contributed by atoms with Gasteiger partial charge in [0.2, 0.25) is 21.8 Å². The molecule has 2 rings (SSSR count). The Kier molecular flexibility index (Phi) is 9.12. The summed E-state index contributed by atoms with van der Waals surface area (Å²) in [5.41, 5.74) is 0.932. The Labute approximate surface area is 202 Å². The summed E-state index contributed by atoms with van der Waals surface area (Å²) in [6.45, 7) is 1.17. The Balaban J connectivity index is 2.48. The monoisotopic (exact) mass is 541 g/mol. The molecule has 1 N–H and O–H groups in total. The first-order valence-electron chi connectivity index (χ1n) is 9.97. The smallest absolute Gasteiger partial charge is 0.244 e. The molecule has 0 spiro atoms. The van der Waals surface area contributed by atoms with Crippen molar-refractivity contribution in [2.45, 2.75) is 19.5 Å². The Bertz CT molecular complexity index is 1110. The second-order valence-corrected chi connectivity index (χ2v) is 10.1. The maximum Gasteiger partial charge on any atom is 0.244 e. The van der Waals surface area contributed by atoms with Crippen LogP contribution in [0.25, 0.3) is 0 Å². The van der Waals surface area contributed by atoms with Crippen LogP contribution in [0.3, 0.4) is 0 Å². The van der Waals surface area contributed by atoms with Gasteiger partial charge in [0.1, 0.15) is 24.1 Å². The third kappa shape index (κ3) is 6.84. The number of carbonyl (C=O) groups excluding carboxylic acids is 2. The van der Waals surface area contributed by atoms with Gasteiger partial charge >= 0.3 is 0 Å². The number of anilines is 1. The molecule has 2 aromatic carbocycles. The van der Waals surface area contributed by atoms with Crippen LogP contribution in [0.2, 0.25) is 0 Å². The predicted octanol–water partition coefficient (Wildman–Crippen LogP) is 2.40. The molecule has 0 unspecified atom stereocenters. The van der Waals surface area contributed by atoms with E-state index in [1.54, 1.807) is 19.1 Å². The van der Waals surface area contributed by atoms with E-state index in [2.05, 4.69) is 21.2 Å². The fraction of sp³-hybridized carbons (Fsp3) is 0.364. The molecular weight excluding hydrogens is 514 g/mol. The number of halogens is 1. The first-order valence-corrected chi connectivity index (χ1v) is 12.6. The number of nitrogens with one attached hydrogen (secondary N) is 1. The van der Waals surface area contributed by atoms with Crippen molar-refractivity contribution in [2.75, 3.05) is 38.4 Å². The van der Waals surface area contributed by atoms with Crippen molar-refractivity contribution >= 4 is 43.5 Å². The minimum Gasteiger partial charge on any atom is -0.497 e. The Morgan fingerprint density at radius 1 is 1.12 bits per heavy atom. The van der Waals surface area contributed by atoms with Crippen LogP contribution in [-0.2, 0) is 26.2 Å². The highest BCUT2D eigenvalue weighted by molar-refractivity contribution is 9.10. The van der Waals surface area contributed by atoms with E-state index in [9.17, 15) is 18.0 Å². The third-order valence-electron chi connectivity index (χ3n) is 4.99. The van der Waals surface area contributed by atoms with Crippen LogP contribution >= 0.6 is 15.9 Å². The fourth-order valence-electron chi connectivity index (χ4n) is 3.21. The molecule has 0 heterocycles. The predicted molar refractivity (Wildman–Crippen MR) is 130 cm³/mol. The fourth-order valence-corrected chi connectivity index (χ4v) is 4.50. The molecule has 11 heteroatoms. The van der Waals surface area contributed by atoms with Gasteiger partial charge in [-0.05, 0) is 36.8 Å². The van der Waals surface area contributed by atoms with E-state index < -0.39 is 28.5 Å². The molecule has 180 valence electrons. The van der Waals surface area contributed by atoms with Crippen LogP contribution in [0.1, 0.15) is 12.5 Å². The van der Waals surface area contributed by atoms with E-state index >= 15 is 0 Å². The van der Waals surface area contributed by atoms with Crippen molar-refractivity contribution in [1.82, 2.24) is 10.2 Å². The number of ether oxygens (including phenoxy) is 2. The van der Waals surface area contributed by atoms with Crippen LogP contribution in [0, 0.1) is 0 Å². The molecule has 0 aliphatic heterocycles. The Morgan fingerprint density at radius 3 is 2.36 bits per heavy atom. The van der Waals surface area contributed by atoms with Crippen LogP contribution < -0.4 is 19.1 Å². The normalized spacial score (nSPS) is 11.9. The van der Waals surface area contributed by atoms with Gasteiger partial charge in [0.05, 0.1) is 26.2 Å². The quantitative estimate of drug-likeness (QED) is 0.495. The number of methoxy groups -OCH3 is 2. The molecule has 0 saturated heterocycles. The first-order chi connectivity index (χ1) is 15.5.